The van der Waals surface area contributed by atoms with Crippen LogP contribution in [0, 0.1) is 0 Å². The summed E-state index contributed by atoms with van der Waals surface area (Å²) < 4.78 is 0. The molecule has 0 aliphatic rings. The summed E-state index contributed by atoms with van der Waals surface area (Å²) in [5.41, 5.74) is 12.1. The molecule has 0 atom stereocenters. The minimum Gasteiger partial charge on any atom is -0.355 e. The van der Waals surface area contributed by atoms with Gasteiger partial charge in [-0.25, -0.2) is 0 Å². The van der Waals surface area contributed by atoms with E-state index in [9.17, 15) is 9.59 Å². The normalized spacial score (nSPS) is 12.9. The van der Waals surface area contributed by atoms with Crippen molar-refractivity contribution in [2.45, 2.75) is 117 Å². The van der Waals surface area contributed by atoms with Gasteiger partial charge < -0.3 is 22.1 Å². The maximum Gasteiger partial charge on any atom is 0.223 e. The highest BCUT2D eigenvalue weighted by Crippen LogP contribution is 2.03. The molecular weight excluding hydrogens is 641 g/mol. The zero-order chi connectivity index (χ0) is 38.4. The van der Waals surface area contributed by atoms with E-state index in [1.54, 1.807) is 0 Å². The van der Waals surface area contributed by atoms with Crippen LogP contribution < -0.4 is 22.1 Å². The Morgan fingerprint density at radius 2 is 0.827 bits per heavy atom. The maximum absolute atomic E-state index is 11.3. The van der Waals surface area contributed by atoms with Crippen molar-refractivity contribution in [3.05, 3.63) is 133 Å². The van der Waals surface area contributed by atoms with Gasteiger partial charge in [-0.05, 0) is 90.4 Å². The van der Waals surface area contributed by atoms with Crippen molar-refractivity contribution in [2.75, 3.05) is 26.2 Å². The largest absolute Gasteiger partial charge is 0.355 e. The molecule has 0 aromatic carbocycles. The number of nitrogens with one attached hydrogen (secondary N) is 2. The summed E-state index contributed by atoms with van der Waals surface area (Å²) in [6, 6.07) is 0. The van der Waals surface area contributed by atoms with Crippen molar-refractivity contribution in [1.82, 2.24) is 10.6 Å². The van der Waals surface area contributed by atoms with Gasteiger partial charge >= 0.3 is 0 Å². The van der Waals surface area contributed by atoms with Gasteiger partial charge in [0.15, 0.2) is 0 Å². The average Bonchev–Trinajstić information content (AvgIpc) is 3.14. The molecule has 0 aliphatic carbocycles. The number of hydrogen-bond acceptors (Lipinski definition) is 4. The second-order valence-corrected chi connectivity index (χ2v) is 12.0. The number of carbonyl (C=O) groups is 2. The summed E-state index contributed by atoms with van der Waals surface area (Å²) >= 11 is 0. The fourth-order valence-electron chi connectivity index (χ4n) is 4.31. The van der Waals surface area contributed by atoms with Gasteiger partial charge in [0, 0.05) is 39.0 Å². The molecule has 52 heavy (non-hydrogen) atoms. The van der Waals surface area contributed by atoms with E-state index in [4.69, 9.17) is 11.5 Å². The third-order valence-corrected chi connectivity index (χ3v) is 7.08. The van der Waals surface area contributed by atoms with Crippen molar-refractivity contribution in [3.8, 4) is 0 Å². The van der Waals surface area contributed by atoms with Gasteiger partial charge in [-0.3, -0.25) is 9.59 Å². The van der Waals surface area contributed by atoms with Crippen molar-refractivity contribution in [1.29, 1.82) is 0 Å². The van der Waals surface area contributed by atoms with Crippen LogP contribution >= 0.6 is 0 Å². The summed E-state index contributed by atoms with van der Waals surface area (Å²) in [6.45, 7) is 8.60. The maximum atomic E-state index is 11.3. The van der Waals surface area contributed by atoms with Crippen molar-refractivity contribution < 1.29 is 9.59 Å². The Morgan fingerprint density at radius 3 is 1.23 bits per heavy atom. The lowest BCUT2D eigenvalue weighted by atomic mass is 10.1. The van der Waals surface area contributed by atoms with Crippen LogP contribution in [-0.2, 0) is 9.59 Å². The first-order chi connectivity index (χ1) is 25.5. The Labute approximate surface area is 319 Å². The Bertz CT molecular complexity index is 1160. The molecule has 0 bridgehead atoms. The Balaban J connectivity index is 0. The SMILES string of the molecule is CC/C=C(/C)C/C=C\C/C=C\C/C=C\C/C=C\C/C=C\CC(=O)NCCN.CC/C=C\C/C=C\C/C=C\C/C=C\C/C=C\CCCC(=O)NCCN. The number of rotatable bonds is 30. The molecule has 0 radical (unpaired) electrons. The van der Waals surface area contributed by atoms with Gasteiger partial charge in [0.25, 0.3) is 0 Å². The molecule has 0 aromatic heterocycles. The molecule has 2 amide bonds. The smallest absolute Gasteiger partial charge is 0.223 e. The molecule has 0 saturated heterocycles. The summed E-state index contributed by atoms with van der Waals surface area (Å²) in [7, 11) is 0. The van der Waals surface area contributed by atoms with E-state index in [0.717, 1.165) is 83.5 Å². The summed E-state index contributed by atoms with van der Waals surface area (Å²) in [5.74, 6) is 0.119. The molecule has 0 spiro atoms. The van der Waals surface area contributed by atoms with Gasteiger partial charge in [-0.1, -0.05) is 147 Å². The number of nitrogens with two attached hydrogens (primary N) is 2. The molecule has 0 rings (SSSR count). The molecule has 0 aliphatic heterocycles. The Hall–Kier alpha value is -4.00. The van der Waals surface area contributed by atoms with Crippen molar-refractivity contribution >= 4 is 11.8 Å². The molecule has 290 valence electrons. The average molecular weight is 715 g/mol. The van der Waals surface area contributed by atoms with Gasteiger partial charge in [-0.15, -0.1) is 0 Å². The molecule has 0 unspecified atom stereocenters. The third kappa shape index (κ3) is 46.0. The molecule has 6 heteroatoms. The van der Waals surface area contributed by atoms with E-state index in [1.807, 2.05) is 12.2 Å². The molecule has 0 saturated carbocycles. The fourth-order valence-corrected chi connectivity index (χ4v) is 4.31. The van der Waals surface area contributed by atoms with Crippen LogP contribution in [0.4, 0.5) is 0 Å². The molecule has 6 N–H and O–H groups in total. The van der Waals surface area contributed by atoms with E-state index < -0.39 is 0 Å². The fraction of sp³-hybridized carbons (Fsp3) is 0.478. The number of hydrogen-bond donors (Lipinski definition) is 4. The highest BCUT2D eigenvalue weighted by Gasteiger charge is 1.97. The Morgan fingerprint density at radius 1 is 0.462 bits per heavy atom. The van der Waals surface area contributed by atoms with Gasteiger partial charge in [0.2, 0.25) is 11.8 Å². The lowest BCUT2D eigenvalue weighted by Crippen LogP contribution is -2.28. The molecule has 0 aromatic rings. The predicted molar refractivity (Wildman–Crippen MR) is 230 cm³/mol. The summed E-state index contributed by atoms with van der Waals surface area (Å²) in [5, 5.41) is 5.51. The molecule has 0 heterocycles. The minimum atomic E-state index is 0.0237. The van der Waals surface area contributed by atoms with Crippen LogP contribution in [-0.4, -0.2) is 38.0 Å². The summed E-state index contributed by atoms with van der Waals surface area (Å²) in [6.07, 6.45) is 59.5. The third-order valence-electron chi connectivity index (χ3n) is 7.08. The van der Waals surface area contributed by atoms with E-state index >= 15 is 0 Å². The zero-order valence-corrected chi connectivity index (χ0v) is 33.0. The van der Waals surface area contributed by atoms with Gasteiger partial charge in [0.05, 0.1) is 0 Å². The molecular formula is C46H74N4O2. The standard InChI is InChI=1S/C24H38N2O.C22H36N2O/c1-3-18-23(2)19-16-14-12-10-8-6-4-5-7-9-11-13-15-17-20-24(27)26-22-21-25;1-2-3-4-5-6-7-8-9-10-11-12-13-14-15-16-17-18-19-22(25)24-21-20-23/h4-5,8-11,14-18H,3,6-7,12-13,19-22,25H2,1-2H3,(H,26,27);3-4,6-7,9-10,12-13,15-16H,2,5,8,11,14,17-21,23H2,1H3,(H,24,25)/b5-4-,10-8-,11-9-,16-14-,17-15-,23-18-;4-3-,7-6-,10-9-,13-12-,16-15-. The van der Waals surface area contributed by atoms with E-state index in [0.29, 0.717) is 39.0 Å². The van der Waals surface area contributed by atoms with Crippen LogP contribution in [0.25, 0.3) is 0 Å². The quantitative estimate of drug-likeness (QED) is 0.0438. The topological polar surface area (TPSA) is 110 Å². The number of unbranched alkanes of at least 4 members (excludes halogenated alkanes) is 1. The van der Waals surface area contributed by atoms with Crippen molar-refractivity contribution in [3.63, 3.8) is 0 Å². The monoisotopic (exact) mass is 715 g/mol. The molecule has 6 nitrogen and oxygen atoms in total. The van der Waals surface area contributed by atoms with Crippen LogP contribution in [0.15, 0.2) is 133 Å². The van der Waals surface area contributed by atoms with Crippen LogP contribution in [0.3, 0.4) is 0 Å². The number of amides is 2. The van der Waals surface area contributed by atoms with E-state index in [1.165, 1.54) is 5.57 Å². The van der Waals surface area contributed by atoms with Gasteiger partial charge in [-0.2, -0.15) is 0 Å². The highest BCUT2D eigenvalue weighted by atomic mass is 16.2. The first kappa shape index (κ1) is 50.1. The predicted octanol–water partition coefficient (Wildman–Crippen LogP) is 10.5. The van der Waals surface area contributed by atoms with Crippen LogP contribution in [0.5, 0.6) is 0 Å². The lowest BCUT2D eigenvalue weighted by Gasteiger charge is -2.01. The summed E-state index contributed by atoms with van der Waals surface area (Å²) in [4.78, 5) is 22.7. The van der Waals surface area contributed by atoms with Crippen LogP contribution in [0.2, 0.25) is 0 Å². The van der Waals surface area contributed by atoms with E-state index in [-0.39, 0.29) is 11.8 Å². The second-order valence-electron chi connectivity index (χ2n) is 12.0. The molecule has 0 fully saturated rings. The first-order valence-electron chi connectivity index (χ1n) is 19.6. The van der Waals surface area contributed by atoms with Gasteiger partial charge in [0.1, 0.15) is 0 Å². The Kier molecular flexibility index (Phi) is 43.4. The minimum absolute atomic E-state index is 0.0237. The highest BCUT2D eigenvalue weighted by molar-refractivity contribution is 5.77. The zero-order valence-electron chi connectivity index (χ0n) is 33.0. The first-order valence-corrected chi connectivity index (χ1v) is 19.6. The second kappa shape index (κ2) is 45.0. The number of allylic oxidation sites excluding steroid dienone is 21. The van der Waals surface area contributed by atoms with Crippen LogP contribution in [0.1, 0.15) is 117 Å². The van der Waals surface area contributed by atoms with Crippen molar-refractivity contribution in [2.24, 2.45) is 11.5 Å². The van der Waals surface area contributed by atoms with E-state index in [2.05, 4.69) is 147 Å². The lowest BCUT2D eigenvalue weighted by molar-refractivity contribution is -0.121. The number of carbonyl (C=O) groups excluding carboxylic acids is 2.